The number of hydrogen-bond acceptors (Lipinski definition) is 7. The molecule has 168 valence electrons. The molecule has 2 aromatic rings. The first-order chi connectivity index (χ1) is 14.7. The van der Waals surface area contributed by atoms with Crippen LogP contribution in [0.2, 0.25) is 0 Å². The van der Waals surface area contributed by atoms with Crippen LogP contribution in [0, 0.1) is 6.92 Å². The smallest absolute Gasteiger partial charge is 0.259 e. The van der Waals surface area contributed by atoms with Crippen LogP contribution in [0.1, 0.15) is 78.8 Å². The van der Waals surface area contributed by atoms with Crippen molar-refractivity contribution in [2.75, 3.05) is 32.5 Å². The van der Waals surface area contributed by atoms with Gasteiger partial charge in [0.1, 0.15) is 23.0 Å². The van der Waals surface area contributed by atoms with Gasteiger partial charge in [-0.3, -0.25) is 9.59 Å². The number of nitrogens with one attached hydrogen (secondary N) is 1. The Kier molecular flexibility index (Phi) is 6.92. The summed E-state index contributed by atoms with van der Waals surface area (Å²) < 4.78 is 5.32. The van der Waals surface area contributed by atoms with E-state index >= 15 is 0 Å². The SMILES string of the molecule is CNc1cc([C@@H]2CCCN(C(=O)c3c(C(C)C)noc3C)C2)nc(CN(C)C(C)=O)n1. The minimum Gasteiger partial charge on any atom is -0.373 e. The van der Waals surface area contributed by atoms with Crippen LogP contribution in [0.3, 0.4) is 0 Å². The maximum absolute atomic E-state index is 13.3. The molecule has 0 unspecified atom stereocenters. The molecule has 3 heterocycles. The quantitative estimate of drug-likeness (QED) is 0.754. The Morgan fingerprint density at radius 2 is 2.10 bits per heavy atom. The molecule has 0 spiro atoms. The molecule has 1 N–H and O–H groups in total. The van der Waals surface area contributed by atoms with Crippen LogP contribution in [0.15, 0.2) is 10.6 Å². The monoisotopic (exact) mass is 428 g/mol. The molecular weight excluding hydrogens is 396 g/mol. The molecule has 1 saturated heterocycles. The first-order valence-corrected chi connectivity index (χ1v) is 10.7. The molecule has 0 aliphatic carbocycles. The molecule has 0 bridgehead atoms. The summed E-state index contributed by atoms with van der Waals surface area (Å²) in [6, 6.07) is 1.93. The molecule has 1 aliphatic heterocycles. The van der Waals surface area contributed by atoms with Crippen molar-refractivity contribution in [1.29, 1.82) is 0 Å². The predicted molar refractivity (Wildman–Crippen MR) is 117 cm³/mol. The third kappa shape index (κ3) is 5.03. The number of likely N-dealkylation sites (tertiary alicyclic amines) is 1. The molecule has 0 saturated carbocycles. The lowest BCUT2D eigenvalue weighted by Crippen LogP contribution is -2.40. The molecule has 2 amide bonds. The van der Waals surface area contributed by atoms with E-state index in [2.05, 4.69) is 15.5 Å². The van der Waals surface area contributed by atoms with E-state index in [0.717, 1.165) is 18.5 Å². The Balaban J connectivity index is 1.84. The second-order valence-electron chi connectivity index (χ2n) is 8.46. The molecular formula is C22H32N6O3. The Morgan fingerprint density at radius 1 is 1.35 bits per heavy atom. The van der Waals surface area contributed by atoms with E-state index in [1.807, 2.05) is 31.9 Å². The number of aryl methyl sites for hydroxylation is 1. The summed E-state index contributed by atoms with van der Waals surface area (Å²) in [6.07, 6.45) is 1.82. The number of carbonyl (C=O) groups is 2. The van der Waals surface area contributed by atoms with E-state index in [1.54, 1.807) is 18.9 Å². The zero-order chi connectivity index (χ0) is 22.7. The van der Waals surface area contributed by atoms with Crippen molar-refractivity contribution >= 4 is 17.6 Å². The number of piperidine rings is 1. The molecule has 0 radical (unpaired) electrons. The van der Waals surface area contributed by atoms with Gasteiger partial charge in [0.25, 0.3) is 5.91 Å². The Labute approximate surface area is 183 Å². The largest absolute Gasteiger partial charge is 0.373 e. The summed E-state index contributed by atoms with van der Waals surface area (Å²) in [6.45, 7) is 8.93. The summed E-state index contributed by atoms with van der Waals surface area (Å²) in [7, 11) is 3.54. The van der Waals surface area contributed by atoms with Crippen LogP contribution in [-0.4, -0.2) is 63.9 Å². The van der Waals surface area contributed by atoms with Gasteiger partial charge < -0.3 is 19.6 Å². The topological polar surface area (TPSA) is 104 Å². The van der Waals surface area contributed by atoms with Crippen molar-refractivity contribution in [3.8, 4) is 0 Å². The van der Waals surface area contributed by atoms with Gasteiger partial charge in [0.05, 0.1) is 17.9 Å². The zero-order valence-electron chi connectivity index (χ0n) is 19.2. The highest BCUT2D eigenvalue weighted by atomic mass is 16.5. The maximum Gasteiger partial charge on any atom is 0.259 e. The summed E-state index contributed by atoms with van der Waals surface area (Å²) in [5.41, 5.74) is 2.17. The van der Waals surface area contributed by atoms with Crippen LogP contribution < -0.4 is 5.32 Å². The van der Waals surface area contributed by atoms with Crippen molar-refractivity contribution < 1.29 is 14.1 Å². The van der Waals surface area contributed by atoms with Crippen molar-refractivity contribution in [2.45, 2.75) is 58.9 Å². The molecule has 9 nitrogen and oxygen atoms in total. The van der Waals surface area contributed by atoms with E-state index in [-0.39, 0.29) is 23.7 Å². The fourth-order valence-corrected chi connectivity index (χ4v) is 3.85. The van der Waals surface area contributed by atoms with Gasteiger partial charge in [-0.05, 0) is 25.7 Å². The third-order valence-corrected chi connectivity index (χ3v) is 5.74. The van der Waals surface area contributed by atoms with Crippen molar-refractivity contribution in [2.24, 2.45) is 0 Å². The van der Waals surface area contributed by atoms with E-state index in [4.69, 9.17) is 9.51 Å². The fraction of sp³-hybridized carbons (Fsp3) is 0.591. The van der Waals surface area contributed by atoms with E-state index in [9.17, 15) is 9.59 Å². The Morgan fingerprint density at radius 3 is 2.74 bits per heavy atom. The van der Waals surface area contributed by atoms with Gasteiger partial charge in [-0.1, -0.05) is 19.0 Å². The molecule has 3 rings (SSSR count). The van der Waals surface area contributed by atoms with Gasteiger partial charge in [-0.15, -0.1) is 0 Å². The van der Waals surface area contributed by atoms with Gasteiger partial charge in [-0.2, -0.15) is 0 Å². The number of anilines is 1. The zero-order valence-corrected chi connectivity index (χ0v) is 19.2. The Bertz CT molecular complexity index is 955. The van der Waals surface area contributed by atoms with Crippen molar-refractivity contribution in [3.05, 3.63) is 34.6 Å². The summed E-state index contributed by atoms with van der Waals surface area (Å²) in [4.78, 5) is 37.6. The first kappa shape index (κ1) is 22.7. The minimum atomic E-state index is -0.0421. The lowest BCUT2D eigenvalue weighted by Gasteiger charge is -2.33. The average molecular weight is 429 g/mol. The minimum absolute atomic E-state index is 0.0356. The van der Waals surface area contributed by atoms with Gasteiger partial charge >= 0.3 is 0 Å². The standard InChI is InChI=1S/C22H32N6O3/c1-13(2)21-20(14(3)31-26-21)22(30)28-9-7-8-16(11-28)17-10-18(23-5)25-19(24-17)12-27(6)15(4)29/h10,13,16H,7-9,11-12H2,1-6H3,(H,23,24,25)/t16-/m1/s1. The highest BCUT2D eigenvalue weighted by molar-refractivity contribution is 5.96. The Hall–Kier alpha value is -2.97. The molecule has 1 fully saturated rings. The highest BCUT2D eigenvalue weighted by Crippen LogP contribution is 2.30. The van der Waals surface area contributed by atoms with Crippen molar-refractivity contribution in [3.63, 3.8) is 0 Å². The second kappa shape index (κ2) is 9.45. The lowest BCUT2D eigenvalue weighted by molar-refractivity contribution is -0.128. The van der Waals surface area contributed by atoms with Gasteiger partial charge in [0.15, 0.2) is 0 Å². The third-order valence-electron chi connectivity index (χ3n) is 5.74. The first-order valence-electron chi connectivity index (χ1n) is 10.7. The molecule has 31 heavy (non-hydrogen) atoms. The van der Waals surface area contributed by atoms with Crippen LogP contribution in [0.4, 0.5) is 5.82 Å². The number of nitrogens with zero attached hydrogens (tertiary/aromatic N) is 5. The van der Waals surface area contributed by atoms with Crippen molar-refractivity contribution in [1.82, 2.24) is 24.9 Å². The van der Waals surface area contributed by atoms with Crippen LogP contribution in [0.25, 0.3) is 0 Å². The molecule has 9 heteroatoms. The lowest BCUT2D eigenvalue weighted by atomic mass is 9.93. The molecule has 0 aromatic carbocycles. The predicted octanol–water partition coefficient (Wildman–Crippen LogP) is 2.94. The number of amides is 2. The van der Waals surface area contributed by atoms with Gasteiger partial charge in [-0.25, -0.2) is 9.97 Å². The normalized spacial score (nSPS) is 16.5. The number of aromatic nitrogens is 3. The molecule has 1 atom stereocenters. The summed E-state index contributed by atoms with van der Waals surface area (Å²) in [5, 5.41) is 7.18. The van der Waals surface area contributed by atoms with E-state index < -0.39 is 0 Å². The number of rotatable bonds is 6. The summed E-state index contributed by atoms with van der Waals surface area (Å²) in [5.74, 6) is 1.98. The fourth-order valence-electron chi connectivity index (χ4n) is 3.85. The average Bonchev–Trinajstić information content (AvgIpc) is 3.14. The molecule has 1 aliphatic rings. The van der Waals surface area contributed by atoms with Crippen LogP contribution >= 0.6 is 0 Å². The number of carbonyl (C=O) groups excluding carboxylic acids is 2. The highest BCUT2D eigenvalue weighted by Gasteiger charge is 2.31. The van der Waals surface area contributed by atoms with Crippen LogP contribution in [0.5, 0.6) is 0 Å². The number of hydrogen-bond donors (Lipinski definition) is 1. The van der Waals surface area contributed by atoms with Crippen LogP contribution in [-0.2, 0) is 11.3 Å². The maximum atomic E-state index is 13.3. The second-order valence-corrected chi connectivity index (χ2v) is 8.46. The van der Waals surface area contributed by atoms with E-state index in [1.165, 1.54) is 6.92 Å². The molecule has 2 aromatic heterocycles. The van der Waals surface area contributed by atoms with Gasteiger partial charge in [0, 0.05) is 46.1 Å². The van der Waals surface area contributed by atoms with E-state index in [0.29, 0.717) is 48.3 Å². The summed E-state index contributed by atoms with van der Waals surface area (Å²) >= 11 is 0. The van der Waals surface area contributed by atoms with Gasteiger partial charge in [0.2, 0.25) is 5.91 Å².